The summed E-state index contributed by atoms with van der Waals surface area (Å²) in [5.41, 5.74) is 0.710. The monoisotopic (exact) mass is 348 g/mol. The van der Waals surface area contributed by atoms with Gasteiger partial charge in [-0.25, -0.2) is 0 Å². The average Bonchev–Trinajstić information content (AvgIpc) is 3.24. The second kappa shape index (κ2) is 6.97. The molecule has 1 aliphatic heterocycles. The molecule has 128 valence electrons. The van der Waals surface area contributed by atoms with Gasteiger partial charge >= 0.3 is 5.97 Å². The van der Waals surface area contributed by atoms with Crippen LogP contribution in [0.15, 0.2) is 38.9 Å². The third-order valence-corrected chi connectivity index (χ3v) is 5.27. The van der Waals surface area contributed by atoms with E-state index in [4.69, 9.17) is 16.3 Å². The molecule has 0 radical (unpaired) electrons. The fraction of sp³-hybridized carbons (Fsp3) is 0.588. The first-order valence-electron chi connectivity index (χ1n) is 8.25. The van der Waals surface area contributed by atoms with Crippen LogP contribution in [0.3, 0.4) is 0 Å². The third-order valence-electron chi connectivity index (χ3n) is 4.95. The molecule has 6 nitrogen and oxygen atoms in total. The Morgan fingerprint density at radius 3 is 2.58 bits per heavy atom. The van der Waals surface area contributed by atoms with Gasteiger partial charge in [0.1, 0.15) is 0 Å². The Morgan fingerprint density at radius 1 is 1.33 bits per heavy atom. The molecule has 1 aromatic rings. The van der Waals surface area contributed by atoms with Crippen LogP contribution in [0, 0.1) is 5.92 Å². The Labute approximate surface area is 146 Å². The number of methoxy groups -OCH3 is 1. The van der Waals surface area contributed by atoms with E-state index >= 15 is 0 Å². The van der Waals surface area contributed by atoms with Crippen LogP contribution in [0.5, 0.6) is 0 Å². The van der Waals surface area contributed by atoms with Gasteiger partial charge < -0.3 is 4.74 Å². The van der Waals surface area contributed by atoms with Crippen LogP contribution in [0.25, 0.3) is 0 Å². The van der Waals surface area contributed by atoms with Gasteiger partial charge in [0.25, 0.3) is 0 Å². The standard InChI is InChI=1S/C17H21ClN4O2/c1-17(19-21-22-20-17)14-8-7-12(10-15(14)18)13(16(23)24-2)9-11-5-3-4-6-11/h7-8,10-11,13H,3-6,9H2,1-2H3. The zero-order valence-corrected chi connectivity index (χ0v) is 14.7. The maximum Gasteiger partial charge on any atom is 0.313 e. The summed E-state index contributed by atoms with van der Waals surface area (Å²) in [6.07, 6.45) is 5.65. The summed E-state index contributed by atoms with van der Waals surface area (Å²) in [6, 6.07) is 5.58. The minimum absolute atomic E-state index is 0.211. The van der Waals surface area contributed by atoms with Gasteiger partial charge in [0.05, 0.1) is 13.0 Å². The van der Waals surface area contributed by atoms with Gasteiger partial charge in [0.15, 0.2) is 0 Å². The van der Waals surface area contributed by atoms with Crippen molar-refractivity contribution in [3.05, 3.63) is 34.3 Å². The van der Waals surface area contributed by atoms with E-state index in [1.807, 2.05) is 18.2 Å². The molecule has 0 bridgehead atoms. The van der Waals surface area contributed by atoms with Crippen molar-refractivity contribution in [1.29, 1.82) is 0 Å². The fourth-order valence-electron chi connectivity index (χ4n) is 3.56. The SMILES string of the molecule is COC(=O)C(CC1CCCC1)c1ccc(C2(C)N=NN=N2)c(Cl)c1. The lowest BCUT2D eigenvalue weighted by molar-refractivity contribution is -0.142. The number of ether oxygens (including phenoxy) is 1. The summed E-state index contributed by atoms with van der Waals surface area (Å²) in [7, 11) is 1.43. The van der Waals surface area contributed by atoms with Crippen LogP contribution < -0.4 is 0 Å². The lowest BCUT2D eigenvalue weighted by Crippen LogP contribution is -2.18. The maximum absolute atomic E-state index is 12.3. The van der Waals surface area contributed by atoms with Crippen molar-refractivity contribution in [2.45, 2.75) is 50.6 Å². The average molecular weight is 349 g/mol. The van der Waals surface area contributed by atoms with Crippen molar-refractivity contribution in [3.8, 4) is 0 Å². The van der Waals surface area contributed by atoms with Gasteiger partial charge in [-0.15, -0.1) is 10.2 Å². The number of rotatable bonds is 5. The van der Waals surface area contributed by atoms with Gasteiger partial charge in [-0.05, 0) is 41.3 Å². The minimum Gasteiger partial charge on any atom is -0.469 e. The normalized spacial score (nSPS) is 20.5. The van der Waals surface area contributed by atoms with Crippen molar-refractivity contribution in [1.82, 2.24) is 0 Å². The molecule has 1 heterocycles. The first kappa shape index (κ1) is 17.0. The van der Waals surface area contributed by atoms with Gasteiger partial charge in [-0.3, -0.25) is 4.79 Å². The number of hydrogen-bond donors (Lipinski definition) is 0. The molecule has 0 amide bonds. The first-order valence-corrected chi connectivity index (χ1v) is 8.63. The first-order chi connectivity index (χ1) is 11.5. The van der Waals surface area contributed by atoms with E-state index in [2.05, 4.69) is 20.7 Å². The molecule has 1 saturated carbocycles. The van der Waals surface area contributed by atoms with Crippen LogP contribution in [0.1, 0.15) is 56.1 Å². The lowest BCUT2D eigenvalue weighted by atomic mass is 9.87. The molecule has 0 aromatic heterocycles. The zero-order valence-electron chi connectivity index (χ0n) is 13.9. The molecule has 1 aliphatic carbocycles. The van der Waals surface area contributed by atoms with E-state index in [1.165, 1.54) is 32.8 Å². The van der Waals surface area contributed by atoms with E-state index in [9.17, 15) is 4.79 Å². The van der Waals surface area contributed by atoms with Crippen molar-refractivity contribution >= 4 is 17.6 Å². The molecular weight excluding hydrogens is 328 g/mol. The fourth-order valence-corrected chi connectivity index (χ4v) is 3.93. The largest absolute Gasteiger partial charge is 0.469 e. The molecule has 1 unspecified atom stereocenters. The molecule has 1 atom stereocenters. The number of carbonyl (C=O) groups excluding carboxylic acids is 1. The number of halogens is 1. The quantitative estimate of drug-likeness (QED) is 0.687. The molecule has 1 fully saturated rings. The van der Waals surface area contributed by atoms with E-state index in [0.717, 1.165) is 17.5 Å². The minimum atomic E-state index is -0.887. The van der Waals surface area contributed by atoms with E-state index in [-0.39, 0.29) is 11.9 Å². The Hall–Kier alpha value is -1.82. The van der Waals surface area contributed by atoms with Gasteiger partial charge in [0, 0.05) is 10.6 Å². The molecule has 7 heteroatoms. The Morgan fingerprint density at radius 2 is 2.00 bits per heavy atom. The highest BCUT2D eigenvalue weighted by Gasteiger charge is 2.33. The molecular formula is C17H21ClN4O2. The molecule has 2 aliphatic rings. The second-order valence-electron chi connectivity index (χ2n) is 6.60. The van der Waals surface area contributed by atoms with E-state index in [1.54, 1.807) is 6.92 Å². The second-order valence-corrected chi connectivity index (χ2v) is 7.01. The number of esters is 1. The summed E-state index contributed by atoms with van der Waals surface area (Å²) >= 11 is 6.45. The molecule has 0 N–H and O–H groups in total. The predicted molar refractivity (Wildman–Crippen MR) is 89.8 cm³/mol. The maximum atomic E-state index is 12.3. The molecule has 0 spiro atoms. The Kier molecular flexibility index (Phi) is 4.94. The summed E-state index contributed by atoms with van der Waals surface area (Å²) in [5, 5.41) is 15.7. The predicted octanol–water partition coefficient (Wildman–Crippen LogP) is 5.18. The van der Waals surface area contributed by atoms with Crippen LogP contribution in [-0.2, 0) is 15.2 Å². The number of carbonyl (C=O) groups is 1. The van der Waals surface area contributed by atoms with Crippen molar-refractivity contribution < 1.29 is 9.53 Å². The number of nitrogens with zero attached hydrogens (tertiary/aromatic N) is 4. The van der Waals surface area contributed by atoms with Crippen molar-refractivity contribution in [2.24, 2.45) is 26.6 Å². The third kappa shape index (κ3) is 3.34. The van der Waals surface area contributed by atoms with Crippen LogP contribution in [0.4, 0.5) is 0 Å². The molecule has 3 rings (SSSR count). The summed E-state index contributed by atoms with van der Waals surface area (Å²) in [5.74, 6) is 0.0731. The summed E-state index contributed by atoms with van der Waals surface area (Å²) in [6.45, 7) is 1.80. The van der Waals surface area contributed by atoms with Crippen LogP contribution in [-0.4, -0.2) is 13.1 Å². The van der Waals surface area contributed by atoms with Gasteiger partial charge in [-0.2, -0.15) is 0 Å². The molecule has 0 saturated heterocycles. The number of hydrogen-bond acceptors (Lipinski definition) is 6. The molecule has 24 heavy (non-hydrogen) atoms. The van der Waals surface area contributed by atoms with Crippen molar-refractivity contribution in [3.63, 3.8) is 0 Å². The smallest absolute Gasteiger partial charge is 0.313 e. The number of benzene rings is 1. The lowest BCUT2D eigenvalue weighted by Gasteiger charge is -2.21. The summed E-state index contributed by atoms with van der Waals surface area (Å²) < 4.78 is 5.02. The van der Waals surface area contributed by atoms with E-state index in [0.29, 0.717) is 10.9 Å². The zero-order chi connectivity index (χ0) is 17.2. The van der Waals surface area contributed by atoms with E-state index < -0.39 is 5.66 Å². The van der Waals surface area contributed by atoms with Crippen molar-refractivity contribution in [2.75, 3.05) is 7.11 Å². The highest BCUT2D eigenvalue weighted by molar-refractivity contribution is 6.31. The van der Waals surface area contributed by atoms with Crippen LogP contribution >= 0.6 is 11.6 Å². The Balaban J connectivity index is 1.87. The molecule has 1 aromatic carbocycles. The van der Waals surface area contributed by atoms with Gasteiger partial charge in [0.2, 0.25) is 5.66 Å². The van der Waals surface area contributed by atoms with Crippen LogP contribution in [0.2, 0.25) is 5.02 Å². The Bertz CT molecular complexity index is 671. The summed E-state index contributed by atoms with van der Waals surface area (Å²) in [4.78, 5) is 12.3. The highest BCUT2D eigenvalue weighted by Crippen LogP contribution is 2.39. The highest BCUT2D eigenvalue weighted by atomic mass is 35.5. The van der Waals surface area contributed by atoms with Gasteiger partial charge in [-0.1, -0.05) is 49.4 Å². The topological polar surface area (TPSA) is 75.7 Å².